The number of aliphatic carboxylic acids is 1. The molecule has 1 aliphatic heterocycles. The first-order valence-corrected chi connectivity index (χ1v) is 9.19. The van der Waals surface area contributed by atoms with Crippen LogP contribution < -0.4 is 16.2 Å². The van der Waals surface area contributed by atoms with Crippen molar-refractivity contribution >= 4 is 17.8 Å². The number of rotatable bonds is 6. The van der Waals surface area contributed by atoms with E-state index in [-0.39, 0.29) is 19.1 Å². The molecule has 0 saturated heterocycles. The molecule has 3 rings (SSSR count). The average molecular weight is 415 g/mol. The van der Waals surface area contributed by atoms with Crippen molar-refractivity contribution in [1.29, 1.82) is 0 Å². The van der Waals surface area contributed by atoms with Gasteiger partial charge >= 0.3 is 5.97 Å². The van der Waals surface area contributed by atoms with Crippen LogP contribution in [0.3, 0.4) is 0 Å². The number of carboxylic acid groups (broad SMARTS) is 1. The number of fused-ring (bicyclic) bond motifs is 1. The largest absolute Gasteiger partial charge is 0.506 e. The molecule has 0 aliphatic carbocycles. The Hall–Kier alpha value is -3.66. The minimum Gasteiger partial charge on any atom is -0.506 e. The van der Waals surface area contributed by atoms with E-state index in [1.807, 2.05) is 0 Å². The number of aromatic hydroxyl groups is 1. The van der Waals surface area contributed by atoms with Crippen molar-refractivity contribution in [3.63, 3.8) is 0 Å². The Morgan fingerprint density at radius 3 is 2.50 bits per heavy atom. The molecule has 2 heterocycles. The second-order valence-electron chi connectivity index (χ2n) is 6.70. The van der Waals surface area contributed by atoms with Gasteiger partial charge in [-0.05, 0) is 17.7 Å². The van der Waals surface area contributed by atoms with Gasteiger partial charge in [-0.2, -0.15) is 0 Å². The summed E-state index contributed by atoms with van der Waals surface area (Å²) in [5.41, 5.74) is 0.788. The van der Waals surface area contributed by atoms with Gasteiger partial charge in [0.05, 0.1) is 19.8 Å². The number of nitrogens with one attached hydrogen (secondary N) is 2. The van der Waals surface area contributed by atoms with Crippen molar-refractivity contribution in [1.82, 2.24) is 15.2 Å². The normalized spacial score (nSPS) is 12.7. The van der Waals surface area contributed by atoms with Crippen molar-refractivity contribution < 1.29 is 29.3 Å². The fourth-order valence-corrected chi connectivity index (χ4v) is 3.29. The van der Waals surface area contributed by atoms with E-state index < -0.39 is 35.3 Å². The SMILES string of the molecule is CNC(=O)c1ccc(Cn2c3c(c(O)c(C(=O)NCC(=O)O)c2=O)COCC3)cc1. The lowest BCUT2D eigenvalue weighted by Crippen LogP contribution is -2.38. The van der Waals surface area contributed by atoms with Gasteiger partial charge in [0.25, 0.3) is 17.4 Å². The van der Waals surface area contributed by atoms with Crippen LogP contribution in [0.15, 0.2) is 29.1 Å². The minimum atomic E-state index is -1.28. The van der Waals surface area contributed by atoms with Crippen LogP contribution in [0.1, 0.15) is 37.5 Å². The van der Waals surface area contributed by atoms with Crippen molar-refractivity contribution in [2.24, 2.45) is 0 Å². The molecule has 158 valence electrons. The number of carboxylic acids is 1. The van der Waals surface area contributed by atoms with Gasteiger partial charge in [0, 0.05) is 30.3 Å². The fourth-order valence-electron chi connectivity index (χ4n) is 3.29. The third-order valence-corrected chi connectivity index (χ3v) is 4.80. The zero-order valence-electron chi connectivity index (χ0n) is 16.2. The number of amides is 2. The maximum absolute atomic E-state index is 13.1. The van der Waals surface area contributed by atoms with Crippen molar-refractivity contribution in [3.8, 4) is 5.75 Å². The number of carbonyl (C=O) groups excluding carboxylic acids is 2. The summed E-state index contributed by atoms with van der Waals surface area (Å²) < 4.78 is 6.74. The molecule has 0 unspecified atom stereocenters. The Balaban J connectivity index is 2.03. The average Bonchev–Trinajstić information content (AvgIpc) is 2.75. The molecule has 1 aromatic heterocycles. The molecule has 0 spiro atoms. The highest BCUT2D eigenvalue weighted by molar-refractivity contribution is 5.98. The highest BCUT2D eigenvalue weighted by atomic mass is 16.5. The lowest BCUT2D eigenvalue weighted by Gasteiger charge is -2.24. The molecule has 0 atom stereocenters. The molecule has 1 aliphatic rings. The Morgan fingerprint density at radius 1 is 1.17 bits per heavy atom. The van der Waals surface area contributed by atoms with Gasteiger partial charge in [0.15, 0.2) is 0 Å². The van der Waals surface area contributed by atoms with Crippen LogP contribution in [0.25, 0.3) is 0 Å². The molecule has 4 N–H and O–H groups in total. The van der Waals surface area contributed by atoms with E-state index in [0.717, 1.165) is 0 Å². The van der Waals surface area contributed by atoms with Crippen LogP contribution in [0.5, 0.6) is 5.75 Å². The summed E-state index contributed by atoms with van der Waals surface area (Å²) in [7, 11) is 1.53. The topological polar surface area (TPSA) is 147 Å². The van der Waals surface area contributed by atoms with Crippen LogP contribution >= 0.6 is 0 Å². The smallest absolute Gasteiger partial charge is 0.322 e. The Bertz CT molecular complexity index is 1060. The van der Waals surface area contributed by atoms with E-state index >= 15 is 0 Å². The highest BCUT2D eigenvalue weighted by Crippen LogP contribution is 2.28. The summed E-state index contributed by atoms with van der Waals surface area (Å²) in [4.78, 5) is 47.9. The predicted octanol–water partition coefficient (Wildman–Crippen LogP) is -0.151. The Kier molecular flexibility index (Phi) is 6.17. The summed E-state index contributed by atoms with van der Waals surface area (Å²) in [6.45, 7) is -0.205. The monoisotopic (exact) mass is 415 g/mol. The van der Waals surface area contributed by atoms with Crippen LogP contribution in [0.4, 0.5) is 0 Å². The molecule has 10 heteroatoms. The second kappa shape index (κ2) is 8.78. The fraction of sp³-hybridized carbons (Fsp3) is 0.300. The third kappa shape index (κ3) is 4.18. The molecule has 0 bridgehead atoms. The predicted molar refractivity (Wildman–Crippen MR) is 105 cm³/mol. The number of ether oxygens (including phenoxy) is 1. The lowest BCUT2D eigenvalue weighted by molar-refractivity contribution is -0.135. The Morgan fingerprint density at radius 2 is 1.87 bits per heavy atom. The summed E-state index contributed by atoms with van der Waals surface area (Å²) >= 11 is 0. The van der Waals surface area contributed by atoms with Crippen LogP contribution in [-0.4, -0.2) is 52.8 Å². The molecule has 0 radical (unpaired) electrons. The molecule has 10 nitrogen and oxygen atoms in total. The molecule has 1 aromatic carbocycles. The highest BCUT2D eigenvalue weighted by Gasteiger charge is 2.27. The third-order valence-electron chi connectivity index (χ3n) is 4.80. The number of hydrogen-bond acceptors (Lipinski definition) is 6. The van der Waals surface area contributed by atoms with Crippen molar-refractivity contribution in [2.75, 3.05) is 20.2 Å². The van der Waals surface area contributed by atoms with E-state index in [9.17, 15) is 24.3 Å². The van der Waals surface area contributed by atoms with E-state index in [1.54, 1.807) is 24.3 Å². The van der Waals surface area contributed by atoms with Crippen molar-refractivity contribution in [3.05, 3.63) is 62.6 Å². The maximum Gasteiger partial charge on any atom is 0.322 e. The minimum absolute atomic E-state index is 0.0241. The van der Waals surface area contributed by atoms with Crippen LogP contribution in [0, 0.1) is 0 Å². The number of pyridine rings is 1. The number of nitrogens with zero attached hydrogens (tertiary/aromatic N) is 1. The van der Waals surface area contributed by atoms with Gasteiger partial charge in [-0.1, -0.05) is 12.1 Å². The van der Waals surface area contributed by atoms with E-state index in [0.29, 0.717) is 35.4 Å². The van der Waals surface area contributed by atoms with Gasteiger partial charge in [-0.3, -0.25) is 19.2 Å². The zero-order valence-corrected chi connectivity index (χ0v) is 16.2. The number of carbonyl (C=O) groups is 3. The standard InChI is InChI=1S/C20H21N3O7/c1-21-18(27)12-4-2-11(3-5-12)9-23-14-6-7-30-10-13(14)17(26)16(20(23)29)19(28)22-8-15(24)25/h2-5,26H,6-10H2,1H3,(H,21,27)(H,22,28)(H,24,25). The summed E-state index contributed by atoms with van der Waals surface area (Å²) in [5.74, 6) is -2.99. The summed E-state index contributed by atoms with van der Waals surface area (Å²) in [6, 6.07) is 6.63. The lowest BCUT2D eigenvalue weighted by atomic mass is 10.0. The van der Waals surface area contributed by atoms with E-state index in [1.165, 1.54) is 11.6 Å². The van der Waals surface area contributed by atoms with Crippen LogP contribution in [-0.2, 0) is 29.1 Å². The van der Waals surface area contributed by atoms with Gasteiger partial charge in [0.2, 0.25) is 0 Å². The van der Waals surface area contributed by atoms with Gasteiger partial charge in [-0.15, -0.1) is 0 Å². The molecule has 0 saturated carbocycles. The Labute approximate surface area is 171 Å². The number of benzene rings is 1. The quantitative estimate of drug-likeness (QED) is 0.513. The van der Waals surface area contributed by atoms with E-state index in [2.05, 4.69) is 10.6 Å². The maximum atomic E-state index is 13.1. The van der Waals surface area contributed by atoms with E-state index in [4.69, 9.17) is 9.84 Å². The number of aromatic nitrogens is 1. The first-order valence-electron chi connectivity index (χ1n) is 9.19. The molecular formula is C20H21N3O7. The van der Waals surface area contributed by atoms with Gasteiger partial charge in [0.1, 0.15) is 17.9 Å². The van der Waals surface area contributed by atoms with Crippen molar-refractivity contribution in [2.45, 2.75) is 19.6 Å². The first kappa shape index (κ1) is 21.1. The van der Waals surface area contributed by atoms with Gasteiger partial charge < -0.3 is 30.2 Å². The zero-order chi connectivity index (χ0) is 21.8. The first-order chi connectivity index (χ1) is 14.3. The van der Waals surface area contributed by atoms with Gasteiger partial charge in [-0.25, -0.2) is 0 Å². The molecular weight excluding hydrogens is 394 g/mol. The molecule has 2 amide bonds. The summed E-state index contributed by atoms with van der Waals surface area (Å²) in [6.07, 6.45) is 0.367. The number of hydrogen-bond donors (Lipinski definition) is 4. The second-order valence-corrected chi connectivity index (χ2v) is 6.70. The van der Waals surface area contributed by atoms with Crippen LogP contribution in [0.2, 0.25) is 0 Å². The molecule has 0 fully saturated rings. The molecule has 2 aromatic rings. The summed E-state index contributed by atoms with van der Waals surface area (Å²) in [5, 5.41) is 23.9. The molecule has 30 heavy (non-hydrogen) atoms.